The van der Waals surface area contributed by atoms with Crippen molar-refractivity contribution in [3.63, 3.8) is 0 Å². The zero-order valence-corrected chi connectivity index (χ0v) is 8.97. The molecule has 1 saturated carbocycles. The summed E-state index contributed by atoms with van der Waals surface area (Å²) in [5.41, 5.74) is -0.535. The fourth-order valence-corrected chi connectivity index (χ4v) is 1.93. The van der Waals surface area contributed by atoms with E-state index in [9.17, 15) is 5.26 Å². The summed E-state index contributed by atoms with van der Waals surface area (Å²) in [6, 6.07) is 2.41. The second-order valence-corrected chi connectivity index (χ2v) is 5.22. The molecule has 0 radical (unpaired) electrons. The highest BCUT2D eigenvalue weighted by atomic mass is 16.5. The smallest absolute Gasteiger partial charge is 0.137 e. The first-order valence-electron chi connectivity index (χ1n) is 5.34. The molecule has 0 aromatic heterocycles. The van der Waals surface area contributed by atoms with Crippen molar-refractivity contribution in [1.82, 2.24) is 5.32 Å². The van der Waals surface area contributed by atoms with Crippen LogP contribution in [0.15, 0.2) is 0 Å². The highest BCUT2D eigenvalue weighted by Gasteiger charge is 2.51. The minimum Gasteiger partial charge on any atom is -0.378 e. The molecule has 0 spiro atoms. The third kappa shape index (κ3) is 1.53. The standard InChI is InChI=1S/C11H18N2O/c1-10(2)7-14-8-11(10,6-12)13-5-9-3-4-9/h9,13H,3-5,7-8H2,1-2H3. The molecule has 1 unspecified atom stereocenters. The van der Waals surface area contributed by atoms with Gasteiger partial charge >= 0.3 is 0 Å². The summed E-state index contributed by atoms with van der Waals surface area (Å²) in [5, 5.41) is 12.7. The van der Waals surface area contributed by atoms with Crippen LogP contribution in [0.4, 0.5) is 0 Å². The van der Waals surface area contributed by atoms with Crippen LogP contribution in [-0.2, 0) is 4.74 Å². The number of nitrogens with zero attached hydrogens (tertiary/aromatic N) is 1. The van der Waals surface area contributed by atoms with Crippen LogP contribution in [0.3, 0.4) is 0 Å². The van der Waals surface area contributed by atoms with Crippen LogP contribution in [0.5, 0.6) is 0 Å². The average molecular weight is 194 g/mol. The van der Waals surface area contributed by atoms with Gasteiger partial charge in [-0.3, -0.25) is 5.32 Å². The predicted octanol–water partition coefficient (Wildman–Crippen LogP) is 1.30. The summed E-state index contributed by atoms with van der Waals surface area (Å²) in [5.74, 6) is 0.802. The van der Waals surface area contributed by atoms with Crippen molar-refractivity contribution in [2.24, 2.45) is 11.3 Å². The van der Waals surface area contributed by atoms with Crippen LogP contribution >= 0.6 is 0 Å². The van der Waals surface area contributed by atoms with Gasteiger partial charge in [-0.1, -0.05) is 13.8 Å². The van der Waals surface area contributed by atoms with Crippen molar-refractivity contribution in [2.75, 3.05) is 19.8 Å². The van der Waals surface area contributed by atoms with E-state index in [2.05, 4.69) is 25.2 Å². The topological polar surface area (TPSA) is 45.0 Å². The Labute approximate surface area is 85.4 Å². The van der Waals surface area contributed by atoms with Gasteiger partial charge in [-0.05, 0) is 25.3 Å². The average Bonchev–Trinajstić information content (AvgIpc) is 2.90. The number of nitriles is 1. The minimum absolute atomic E-state index is 0.0728. The van der Waals surface area contributed by atoms with Crippen molar-refractivity contribution in [2.45, 2.75) is 32.2 Å². The molecule has 78 valence electrons. The van der Waals surface area contributed by atoms with Gasteiger partial charge in [0.1, 0.15) is 5.54 Å². The molecule has 2 fully saturated rings. The van der Waals surface area contributed by atoms with E-state index in [4.69, 9.17) is 4.74 Å². The number of hydrogen-bond donors (Lipinski definition) is 1. The van der Waals surface area contributed by atoms with E-state index in [-0.39, 0.29) is 5.41 Å². The molecule has 0 bridgehead atoms. The van der Waals surface area contributed by atoms with Gasteiger partial charge < -0.3 is 4.74 Å². The maximum absolute atomic E-state index is 9.29. The first-order chi connectivity index (χ1) is 6.60. The summed E-state index contributed by atoms with van der Waals surface area (Å²) >= 11 is 0. The Kier molecular flexibility index (Phi) is 2.29. The Morgan fingerprint density at radius 2 is 2.14 bits per heavy atom. The molecule has 0 aromatic rings. The van der Waals surface area contributed by atoms with Gasteiger partial charge in [0.15, 0.2) is 0 Å². The predicted molar refractivity (Wildman–Crippen MR) is 53.7 cm³/mol. The van der Waals surface area contributed by atoms with E-state index >= 15 is 0 Å². The number of nitrogens with one attached hydrogen (secondary N) is 1. The van der Waals surface area contributed by atoms with Gasteiger partial charge in [0, 0.05) is 5.41 Å². The molecular weight excluding hydrogens is 176 g/mol. The molecule has 0 aromatic carbocycles. The molecule has 1 aliphatic heterocycles. The molecule has 1 N–H and O–H groups in total. The Balaban J connectivity index is 2.04. The molecule has 2 aliphatic rings. The zero-order chi connectivity index (χ0) is 10.2. The molecule has 1 heterocycles. The van der Waals surface area contributed by atoms with Crippen molar-refractivity contribution in [1.29, 1.82) is 5.26 Å². The van der Waals surface area contributed by atoms with Crippen molar-refractivity contribution in [3.05, 3.63) is 0 Å². The van der Waals surface area contributed by atoms with Crippen LogP contribution < -0.4 is 5.32 Å². The van der Waals surface area contributed by atoms with Crippen molar-refractivity contribution < 1.29 is 4.74 Å². The van der Waals surface area contributed by atoms with E-state index in [1.807, 2.05) is 0 Å². The molecular formula is C11H18N2O. The van der Waals surface area contributed by atoms with Gasteiger partial charge in [-0.2, -0.15) is 5.26 Å². The molecule has 14 heavy (non-hydrogen) atoms. The summed E-state index contributed by atoms with van der Waals surface area (Å²) < 4.78 is 5.43. The van der Waals surface area contributed by atoms with Crippen LogP contribution in [0.2, 0.25) is 0 Å². The van der Waals surface area contributed by atoms with E-state index in [0.29, 0.717) is 13.2 Å². The lowest BCUT2D eigenvalue weighted by molar-refractivity contribution is 0.166. The Morgan fingerprint density at radius 3 is 2.57 bits per heavy atom. The quantitative estimate of drug-likeness (QED) is 0.736. The second-order valence-electron chi connectivity index (χ2n) is 5.22. The summed E-state index contributed by atoms with van der Waals surface area (Å²) in [4.78, 5) is 0. The third-order valence-electron chi connectivity index (χ3n) is 3.52. The lowest BCUT2D eigenvalue weighted by Gasteiger charge is -2.34. The van der Waals surface area contributed by atoms with E-state index in [0.717, 1.165) is 12.5 Å². The molecule has 3 nitrogen and oxygen atoms in total. The number of ether oxygens (including phenoxy) is 1. The lowest BCUT2D eigenvalue weighted by Crippen LogP contribution is -2.55. The van der Waals surface area contributed by atoms with E-state index < -0.39 is 5.54 Å². The van der Waals surface area contributed by atoms with Gasteiger partial charge in [-0.25, -0.2) is 0 Å². The van der Waals surface area contributed by atoms with E-state index in [1.165, 1.54) is 12.8 Å². The summed E-state index contributed by atoms with van der Waals surface area (Å²) in [6.45, 7) is 6.38. The molecule has 1 saturated heterocycles. The highest BCUT2D eigenvalue weighted by Crippen LogP contribution is 2.38. The normalized spacial score (nSPS) is 35.5. The number of rotatable bonds is 3. The van der Waals surface area contributed by atoms with E-state index in [1.54, 1.807) is 0 Å². The monoisotopic (exact) mass is 194 g/mol. The maximum atomic E-state index is 9.29. The summed E-state index contributed by atoms with van der Waals surface area (Å²) in [6.07, 6.45) is 2.63. The SMILES string of the molecule is CC1(C)COCC1(C#N)NCC1CC1. The summed E-state index contributed by atoms with van der Waals surface area (Å²) in [7, 11) is 0. The fourth-order valence-electron chi connectivity index (χ4n) is 1.93. The highest BCUT2D eigenvalue weighted by molar-refractivity contribution is 5.18. The first kappa shape index (κ1) is 9.95. The first-order valence-corrected chi connectivity index (χ1v) is 5.34. The molecule has 0 amide bonds. The molecule has 2 rings (SSSR count). The number of hydrogen-bond acceptors (Lipinski definition) is 3. The maximum Gasteiger partial charge on any atom is 0.137 e. The van der Waals surface area contributed by atoms with Gasteiger partial charge in [0.2, 0.25) is 0 Å². The van der Waals surface area contributed by atoms with Crippen LogP contribution in [0.1, 0.15) is 26.7 Å². The Morgan fingerprint density at radius 1 is 1.43 bits per heavy atom. The third-order valence-corrected chi connectivity index (χ3v) is 3.52. The Hall–Kier alpha value is -0.590. The lowest BCUT2D eigenvalue weighted by atomic mass is 9.76. The van der Waals surface area contributed by atoms with Gasteiger partial charge in [-0.15, -0.1) is 0 Å². The molecule has 1 aliphatic carbocycles. The largest absolute Gasteiger partial charge is 0.378 e. The zero-order valence-electron chi connectivity index (χ0n) is 8.97. The second kappa shape index (κ2) is 3.22. The van der Waals surface area contributed by atoms with Crippen molar-refractivity contribution in [3.8, 4) is 6.07 Å². The van der Waals surface area contributed by atoms with Crippen molar-refractivity contribution >= 4 is 0 Å². The van der Waals surface area contributed by atoms with Crippen LogP contribution in [0, 0.1) is 22.7 Å². The molecule has 3 heteroatoms. The van der Waals surface area contributed by atoms with Gasteiger partial charge in [0.25, 0.3) is 0 Å². The van der Waals surface area contributed by atoms with Crippen LogP contribution in [0.25, 0.3) is 0 Å². The fraction of sp³-hybridized carbons (Fsp3) is 0.909. The molecule has 1 atom stereocenters. The minimum atomic E-state index is -0.463. The van der Waals surface area contributed by atoms with Gasteiger partial charge in [0.05, 0.1) is 19.3 Å². The van der Waals surface area contributed by atoms with Crippen LogP contribution in [-0.4, -0.2) is 25.3 Å². The Bertz CT molecular complexity index is 265.